The Kier molecular flexibility index (Phi) is 3.38. The number of methoxy groups -OCH3 is 1. The van der Waals surface area contributed by atoms with Crippen molar-refractivity contribution in [2.24, 2.45) is 10.7 Å². The van der Waals surface area contributed by atoms with Gasteiger partial charge in [-0.05, 0) is 49.9 Å². The number of guanidine groups is 1. The summed E-state index contributed by atoms with van der Waals surface area (Å²) in [4.78, 5) is 6.51. The summed E-state index contributed by atoms with van der Waals surface area (Å²) in [6.07, 6.45) is 4.34. The van der Waals surface area contributed by atoms with Gasteiger partial charge < -0.3 is 15.4 Å². The quantitative estimate of drug-likeness (QED) is 0.902. The Hall–Kier alpha value is -1.62. The number of aliphatic imine (C=N–C) groups is 1. The predicted molar refractivity (Wildman–Crippen MR) is 77.4 cm³/mol. The van der Waals surface area contributed by atoms with E-state index < -0.39 is 0 Å². The molecule has 0 amide bonds. The number of ether oxygens (including phenoxy) is 1. The summed E-state index contributed by atoms with van der Waals surface area (Å²) in [5.41, 5.74) is 6.93. The third kappa shape index (κ3) is 2.16. The molecule has 5 heteroatoms. The lowest BCUT2D eigenvalue weighted by Gasteiger charge is -2.43. The van der Waals surface area contributed by atoms with Crippen molar-refractivity contribution < 1.29 is 9.13 Å². The average molecular weight is 277 g/mol. The number of rotatable bonds is 2. The van der Waals surface area contributed by atoms with Crippen LogP contribution in [0.4, 0.5) is 10.1 Å². The summed E-state index contributed by atoms with van der Waals surface area (Å²) in [6.45, 7) is 0.715. The minimum atomic E-state index is -0.236. The Morgan fingerprint density at radius 2 is 1.95 bits per heavy atom. The van der Waals surface area contributed by atoms with Gasteiger partial charge >= 0.3 is 0 Å². The topological polar surface area (TPSA) is 50.9 Å². The smallest absolute Gasteiger partial charge is 0.196 e. The average Bonchev–Trinajstić information content (AvgIpc) is 2.78. The van der Waals surface area contributed by atoms with Gasteiger partial charge in [0.2, 0.25) is 0 Å². The Morgan fingerprint density at radius 1 is 1.30 bits per heavy atom. The van der Waals surface area contributed by atoms with Crippen LogP contribution in [0, 0.1) is 5.82 Å². The van der Waals surface area contributed by atoms with Crippen LogP contribution in [0.2, 0.25) is 0 Å². The molecule has 1 aromatic carbocycles. The first-order chi connectivity index (χ1) is 9.64. The standard InChI is InChI=1S/C15H20FN3O/c1-20-13-6-8-15(9-7-13)10-18-14(17)19(15)12-4-2-11(16)3-5-12/h2-5,13H,6-10H2,1H3,(H2,17,18). The molecule has 0 saturated heterocycles. The second-order valence-corrected chi connectivity index (χ2v) is 5.65. The fraction of sp³-hybridized carbons (Fsp3) is 0.533. The highest BCUT2D eigenvalue weighted by atomic mass is 19.1. The van der Waals surface area contributed by atoms with E-state index in [0.29, 0.717) is 18.6 Å². The molecule has 0 unspecified atom stereocenters. The summed E-state index contributed by atoms with van der Waals surface area (Å²) in [5, 5.41) is 0. The van der Waals surface area contributed by atoms with Gasteiger partial charge in [-0.2, -0.15) is 0 Å². The highest BCUT2D eigenvalue weighted by Gasteiger charge is 2.45. The number of hydrogen-bond donors (Lipinski definition) is 1. The van der Waals surface area contributed by atoms with Crippen molar-refractivity contribution in [3.05, 3.63) is 30.1 Å². The van der Waals surface area contributed by atoms with E-state index in [1.807, 2.05) is 0 Å². The van der Waals surface area contributed by atoms with E-state index in [-0.39, 0.29) is 11.4 Å². The second kappa shape index (κ2) is 5.05. The third-order valence-electron chi connectivity index (χ3n) is 4.52. The van der Waals surface area contributed by atoms with Crippen LogP contribution in [-0.2, 0) is 4.74 Å². The molecule has 2 N–H and O–H groups in total. The Balaban J connectivity index is 1.87. The molecule has 0 radical (unpaired) electrons. The second-order valence-electron chi connectivity index (χ2n) is 5.65. The Bertz CT molecular complexity index is 506. The van der Waals surface area contributed by atoms with Gasteiger partial charge in [0.05, 0.1) is 18.2 Å². The van der Waals surface area contributed by atoms with Crippen LogP contribution >= 0.6 is 0 Å². The molecule has 3 rings (SSSR count). The fourth-order valence-electron chi connectivity index (χ4n) is 3.35. The zero-order valence-corrected chi connectivity index (χ0v) is 11.7. The first-order valence-corrected chi connectivity index (χ1v) is 7.03. The van der Waals surface area contributed by atoms with Crippen LogP contribution in [0.15, 0.2) is 29.3 Å². The highest BCUT2D eigenvalue weighted by Crippen LogP contribution is 2.40. The zero-order chi connectivity index (χ0) is 14.2. The van der Waals surface area contributed by atoms with Gasteiger partial charge in [0, 0.05) is 12.8 Å². The first kappa shape index (κ1) is 13.4. The number of nitrogens with two attached hydrogens (primary N) is 1. The van der Waals surface area contributed by atoms with Crippen molar-refractivity contribution in [1.29, 1.82) is 0 Å². The molecule has 0 atom stereocenters. The summed E-state index contributed by atoms with van der Waals surface area (Å²) in [7, 11) is 1.76. The van der Waals surface area contributed by atoms with Crippen LogP contribution in [0.25, 0.3) is 0 Å². The largest absolute Gasteiger partial charge is 0.381 e. The molecular weight excluding hydrogens is 257 g/mol. The van der Waals surface area contributed by atoms with Crippen LogP contribution in [-0.4, -0.2) is 31.3 Å². The fourth-order valence-corrected chi connectivity index (χ4v) is 3.35. The number of nitrogens with zero attached hydrogens (tertiary/aromatic N) is 2. The van der Waals surface area contributed by atoms with E-state index in [0.717, 1.165) is 31.4 Å². The molecule has 1 heterocycles. The first-order valence-electron chi connectivity index (χ1n) is 7.03. The van der Waals surface area contributed by atoms with Crippen LogP contribution in [0.3, 0.4) is 0 Å². The number of halogens is 1. The lowest BCUT2D eigenvalue weighted by molar-refractivity contribution is 0.0532. The van der Waals surface area contributed by atoms with E-state index in [2.05, 4.69) is 9.89 Å². The molecule has 1 spiro atoms. The van der Waals surface area contributed by atoms with Crippen molar-refractivity contribution in [3.8, 4) is 0 Å². The van der Waals surface area contributed by atoms with Gasteiger partial charge in [-0.15, -0.1) is 0 Å². The predicted octanol–water partition coefficient (Wildman–Crippen LogP) is 2.29. The minimum Gasteiger partial charge on any atom is -0.381 e. The van der Waals surface area contributed by atoms with Gasteiger partial charge in [0.15, 0.2) is 5.96 Å². The molecule has 1 aromatic rings. The summed E-state index contributed by atoms with van der Waals surface area (Å²) in [6, 6.07) is 6.48. The molecule has 20 heavy (non-hydrogen) atoms. The van der Waals surface area contributed by atoms with Gasteiger partial charge in [0.1, 0.15) is 5.82 Å². The molecule has 4 nitrogen and oxygen atoms in total. The molecular formula is C15H20FN3O. The van der Waals surface area contributed by atoms with Gasteiger partial charge in [-0.1, -0.05) is 0 Å². The summed E-state index contributed by atoms with van der Waals surface area (Å²) in [5.74, 6) is 0.299. The van der Waals surface area contributed by atoms with E-state index >= 15 is 0 Å². The number of anilines is 1. The molecule has 1 saturated carbocycles. The maximum atomic E-state index is 13.1. The molecule has 1 fully saturated rings. The van der Waals surface area contributed by atoms with Crippen LogP contribution in [0.5, 0.6) is 0 Å². The van der Waals surface area contributed by atoms with Gasteiger partial charge in [0.25, 0.3) is 0 Å². The Morgan fingerprint density at radius 3 is 2.55 bits per heavy atom. The van der Waals surface area contributed by atoms with Gasteiger partial charge in [-0.25, -0.2) is 4.39 Å². The normalized spacial score (nSPS) is 29.8. The van der Waals surface area contributed by atoms with E-state index in [1.54, 1.807) is 19.2 Å². The lowest BCUT2D eigenvalue weighted by Crippen LogP contribution is -2.54. The summed E-state index contributed by atoms with van der Waals surface area (Å²) < 4.78 is 18.5. The summed E-state index contributed by atoms with van der Waals surface area (Å²) >= 11 is 0. The van der Waals surface area contributed by atoms with Crippen LogP contribution in [0.1, 0.15) is 25.7 Å². The molecule has 108 valence electrons. The molecule has 2 aliphatic rings. The third-order valence-corrected chi connectivity index (χ3v) is 4.52. The Labute approximate surface area is 118 Å². The van der Waals surface area contributed by atoms with E-state index in [1.165, 1.54) is 12.1 Å². The van der Waals surface area contributed by atoms with E-state index in [9.17, 15) is 4.39 Å². The SMILES string of the molecule is COC1CCC2(CC1)CN=C(N)N2c1ccc(F)cc1. The molecule has 1 aliphatic carbocycles. The van der Waals surface area contributed by atoms with Gasteiger partial charge in [-0.3, -0.25) is 4.99 Å². The van der Waals surface area contributed by atoms with Crippen LogP contribution < -0.4 is 10.6 Å². The maximum absolute atomic E-state index is 13.1. The van der Waals surface area contributed by atoms with Crippen molar-refractivity contribution >= 4 is 11.6 Å². The molecule has 0 aromatic heterocycles. The molecule has 1 aliphatic heterocycles. The number of hydrogen-bond acceptors (Lipinski definition) is 4. The lowest BCUT2D eigenvalue weighted by atomic mass is 9.79. The highest BCUT2D eigenvalue weighted by molar-refractivity contribution is 5.98. The number of benzene rings is 1. The molecule has 0 bridgehead atoms. The monoisotopic (exact) mass is 277 g/mol. The van der Waals surface area contributed by atoms with Crippen molar-refractivity contribution in [2.45, 2.75) is 37.3 Å². The zero-order valence-electron chi connectivity index (χ0n) is 11.7. The van der Waals surface area contributed by atoms with E-state index in [4.69, 9.17) is 10.5 Å². The van der Waals surface area contributed by atoms with Crippen molar-refractivity contribution in [2.75, 3.05) is 18.6 Å². The maximum Gasteiger partial charge on any atom is 0.196 e. The van der Waals surface area contributed by atoms with Crippen molar-refractivity contribution in [3.63, 3.8) is 0 Å². The van der Waals surface area contributed by atoms with Crippen molar-refractivity contribution in [1.82, 2.24) is 0 Å². The minimum absolute atomic E-state index is 0.0586.